The summed E-state index contributed by atoms with van der Waals surface area (Å²) in [7, 11) is 4.81. The lowest BCUT2D eigenvalue weighted by molar-refractivity contribution is 0.0824. The molecule has 0 spiro atoms. The summed E-state index contributed by atoms with van der Waals surface area (Å²) in [6, 6.07) is 4.42. The molecule has 0 saturated heterocycles. The Morgan fingerprint density at radius 1 is 1.27 bits per heavy atom. The largest absolute Gasteiger partial charge is 0.496 e. The Balaban J connectivity index is 2.02. The fourth-order valence-electron chi connectivity index (χ4n) is 2.38. The number of urea groups is 1. The Hall–Kier alpha value is -3.16. The van der Waals surface area contributed by atoms with Crippen molar-refractivity contribution in [3.05, 3.63) is 48.0 Å². The van der Waals surface area contributed by atoms with Crippen molar-refractivity contribution in [3.63, 3.8) is 0 Å². The van der Waals surface area contributed by atoms with Crippen molar-refractivity contribution < 1.29 is 14.3 Å². The standard InChI is InChI=1S/C18H23N5O3/c1-12(9-14-11-19-7-8-20-14)21-18(25)22-13-5-6-16(26-4)15(10-13)17(24)23(2)3/h5-8,10-12H,9H2,1-4H3,(H2,21,22,25). The number of carbonyl (C=O) groups is 2. The van der Waals surface area contributed by atoms with E-state index in [-0.39, 0.29) is 18.0 Å². The number of methoxy groups -OCH3 is 1. The number of benzene rings is 1. The zero-order valence-corrected chi connectivity index (χ0v) is 15.3. The molecule has 1 unspecified atom stereocenters. The van der Waals surface area contributed by atoms with Crippen molar-refractivity contribution in [2.24, 2.45) is 0 Å². The van der Waals surface area contributed by atoms with E-state index in [0.717, 1.165) is 5.69 Å². The van der Waals surface area contributed by atoms with Gasteiger partial charge < -0.3 is 20.3 Å². The van der Waals surface area contributed by atoms with Gasteiger partial charge in [0.2, 0.25) is 0 Å². The van der Waals surface area contributed by atoms with E-state index in [1.54, 1.807) is 50.9 Å². The first kappa shape index (κ1) is 19.2. The van der Waals surface area contributed by atoms with Gasteiger partial charge in [-0.25, -0.2) is 4.79 Å². The number of hydrogen-bond acceptors (Lipinski definition) is 5. The summed E-state index contributed by atoms with van der Waals surface area (Å²) in [6.07, 6.45) is 5.44. The van der Waals surface area contributed by atoms with Crippen LogP contribution in [-0.2, 0) is 6.42 Å². The monoisotopic (exact) mass is 357 g/mol. The van der Waals surface area contributed by atoms with Crippen LogP contribution in [0.1, 0.15) is 23.0 Å². The van der Waals surface area contributed by atoms with Crippen LogP contribution in [0.15, 0.2) is 36.8 Å². The maximum atomic E-state index is 12.2. The minimum Gasteiger partial charge on any atom is -0.496 e. The van der Waals surface area contributed by atoms with E-state index >= 15 is 0 Å². The predicted molar refractivity (Wildman–Crippen MR) is 98.4 cm³/mol. The van der Waals surface area contributed by atoms with Crippen LogP contribution in [0.5, 0.6) is 5.75 Å². The molecule has 0 aliphatic heterocycles. The lowest BCUT2D eigenvalue weighted by Gasteiger charge is -2.16. The van der Waals surface area contributed by atoms with E-state index in [2.05, 4.69) is 20.6 Å². The molecule has 2 N–H and O–H groups in total. The highest BCUT2D eigenvalue weighted by molar-refractivity contribution is 5.99. The maximum absolute atomic E-state index is 12.2. The minimum absolute atomic E-state index is 0.132. The topological polar surface area (TPSA) is 96.5 Å². The highest BCUT2D eigenvalue weighted by atomic mass is 16.5. The molecule has 2 rings (SSSR count). The van der Waals surface area contributed by atoms with Gasteiger partial charge in [-0.05, 0) is 25.1 Å². The third kappa shape index (κ3) is 5.17. The summed E-state index contributed by atoms with van der Waals surface area (Å²) < 4.78 is 5.22. The van der Waals surface area contributed by atoms with Gasteiger partial charge in [0.15, 0.2) is 0 Å². The van der Waals surface area contributed by atoms with E-state index in [1.807, 2.05) is 6.92 Å². The fourth-order valence-corrected chi connectivity index (χ4v) is 2.38. The number of amides is 3. The lowest BCUT2D eigenvalue weighted by atomic mass is 10.1. The number of carbonyl (C=O) groups excluding carboxylic acids is 2. The van der Waals surface area contributed by atoms with Gasteiger partial charge in [0.1, 0.15) is 5.75 Å². The molecule has 8 nitrogen and oxygen atoms in total. The fraction of sp³-hybridized carbons (Fsp3) is 0.333. The van der Waals surface area contributed by atoms with Gasteiger partial charge in [0.05, 0.1) is 18.4 Å². The zero-order chi connectivity index (χ0) is 19.1. The molecule has 1 heterocycles. The van der Waals surface area contributed by atoms with Gasteiger partial charge in [-0.15, -0.1) is 0 Å². The smallest absolute Gasteiger partial charge is 0.319 e. The lowest BCUT2D eigenvalue weighted by Crippen LogP contribution is -2.37. The number of hydrogen-bond donors (Lipinski definition) is 2. The molecule has 0 radical (unpaired) electrons. The molecule has 1 atom stereocenters. The number of anilines is 1. The Morgan fingerprint density at radius 2 is 2.04 bits per heavy atom. The first-order valence-electron chi connectivity index (χ1n) is 8.12. The maximum Gasteiger partial charge on any atom is 0.319 e. The second-order valence-electron chi connectivity index (χ2n) is 6.02. The van der Waals surface area contributed by atoms with Crippen molar-refractivity contribution in [3.8, 4) is 5.75 Å². The van der Waals surface area contributed by atoms with Crippen LogP contribution < -0.4 is 15.4 Å². The van der Waals surface area contributed by atoms with Crippen molar-refractivity contribution >= 4 is 17.6 Å². The molecule has 0 aliphatic carbocycles. The average Bonchev–Trinajstić information content (AvgIpc) is 2.61. The van der Waals surface area contributed by atoms with Gasteiger partial charge in [0.25, 0.3) is 5.91 Å². The Labute approximate surface area is 152 Å². The molecule has 0 bridgehead atoms. The van der Waals surface area contributed by atoms with Gasteiger partial charge in [-0.1, -0.05) is 0 Å². The molecule has 2 aromatic rings. The van der Waals surface area contributed by atoms with Crippen LogP contribution in [-0.4, -0.2) is 54.1 Å². The number of rotatable bonds is 6. The molecule has 0 saturated carbocycles. The van der Waals surface area contributed by atoms with Crippen molar-refractivity contribution in [1.82, 2.24) is 20.2 Å². The molecule has 3 amide bonds. The minimum atomic E-state index is -0.366. The summed E-state index contributed by atoms with van der Waals surface area (Å²) in [6.45, 7) is 1.88. The van der Waals surface area contributed by atoms with Crippen molar-refractivity contribution in [2.45, 2.75) is 19.4 Å². The van der Waals surface area contributed by atoms with Crippen LogP contribution in [0.3, 0.4) is 0 Å². The third-order valence-corrected chi connectivity index (χ3v) is 3.60. The van der Waals surface area contributed by atoms with E-state index in [1.165, 1.54) is 12.0 Å². The molecule has 26 heavy (non-hydrogen) atoms. The van der Waals surface area contributed by atoms with Crippen LogP contribution in [0.25, 0.3) is 0 Å². The SMILES string of the molecule is COc1ccc(NC(=O)NC(C)Cc2cnccn2)cc1C(=O)N(C)C. The van der Waals surface area contributed by atoms with Crippen LogP contribution >= 0.6 is 0 Å². The average molecular weight is 357 g/mol. The summed E-state index contributed by atoms with van der Waals surface area (Å²) in [5, 5.41) is 5.56. The Bertz CT molecular complexity index is 765. The van der Waals surface area contributed by atoms with Crippen LogP contribution in [0.4, 0.5) is 10.5 Å². The Kier molecular flexibility index (Phi) is 6.48. The summed E-state index contributed by atoms with van der Waals surface area (Å²) in [5.41, 5.74) is 1.67. The predicted octanol–water partition coefficient (Wildman–Crippen LogP) is 1.94. The highest BCUT2D eigenvalue weighted by Gasteiger charge is 2.16. The quantitative estimate of drug-likeness (QED) is 0.824. The van der Waals surface area contributed by atoms with Gasteiger partial charge in [-0.2, -0.15) is 0 Å². The van der Waals surface area contributed by atoms with Crippen molar-refractivity contribution in [1.29, 1.82) is 0 Å². The van der Waals surface area contributed by atoms with E-state index in [9.17, 15) is 9.59 Å². The third-order valence-electron chi connectivity index (χ3n) is 3.60. The van der Waals surface area contributed by atoms with Gasteiger partial charge >= 0.3 is 6.03 Å². The second kappa shape index (κ2) is 8.80. The van der Waals surface area contributed by atoms with Crippen LogP contribution in [0.2, 0.25) is 0 Å². The van der Waals surface area contributed by atoms with E-state index in [4.69, 9.17) is 4.74 Å². The number of aromatic nitrogens is 2. The van der Waals surface area contributed by atoms with Crippen molar-refractivity contribution in [2.75, 3.05) is 26.5 Å². The molecule has 1 aromatic heterocycles. The van der Waals surface area contributed by atoms with Gasteiger partial charge in [-0.3, -0.25) is 14.8 Å². The molecular formula is C18H23N5O3. The molecule has 138 valence electrons. The molecule has 1 aromatic carbocycles. The molecule has 8 heteroatoms. The van der Waals surface area contributed by atoms with E-state index in [0.29, 0.717) is 23.4 Å². The highest BCUT2D eigenvalue weighted by Crippen LogP contribution is 2.23. The number of ether oxygens (including phenoxy) is 1. The second-order valence-corrected chi connectivity index (χ2v) is 6.02. The first-order chi connectivity index (χ1) is 12.4. The number of nitrogens with one attached hydrogen (secondary N) is 2. The molecular weight excluding hydrogens is 334 g/mol. The first-order valence-corrected chi connectivity index (χ1v) is 8.12. The van der Waals surface area contributed by atoms with Crippen LogP contribution in [0, 0.1) is 0 Å². The summed E-state index contributed by atoms with van der Waals surface area (Å²) in [5.74, 6) is 0.243. The summed E-state index contributed by atoms with van der Waals surface area (Å²) >= 11 is 0. The summed E-state index contributed by atoms with van der Waals surface area (Å²) in [4.78, 5) is 34.1. The number of nitrogens with zero attached hydrogens (tertiary/aromatic N) is 3. The normalized spacial score (nSPS) is 11.4. The molecule has 0 aliphatic rings. The zero-order valence-electron chi connectivity index (χ0n) is 15.3. The Morgan fingerprint density at radius 3 is 2.65 bits per heavy atom. The molecule has 0 fully saturated rings. The van der Waals surface area contributed by atoms with Gasteiger partial charge in [0, 0.05) is 50.8 Å². The van der Waals surface area contributed by atoms with E-state index < -0.39 is 0 Å².